The van der Waals surface area contributed by atoms with E-state index in [1.54, 1.807) is 10.3 Å². The van der Waals surface area contributed by atoms with Crippen molar-refractivity contribution in [2.45, 2.75) is 39.2 Å². The highest BCUT2D eigenvalue weighted by molar-refractivity contribution is 7.09. The van der Waals surface area contributed by atoms with Gasteiger partial charge in [0.05, 0.1) is 5.41 Å². The summed E-state index contributed by atoms with van der Waals surface area (Å²) < 4.78 is 0. The molecule has 6 nitrogen and oxygen atoms in total. The van der Waals surface area contributed by atoms with Crippen molar-refractivity contribution in [1.29, 1.82) is 0 Å². The van der Waals surface area contributed by atoms with Crippen molar-refractivity contribution in [3.8, 4) is 0 Å². The molecule has 1 fully saturated rings. The SMILES string of the molecule is CCCC1(C(=O)O)CCCN(C(=O)c2csc(CN)n2)C1. The molecule has 0 aliphatic carbocycles. The Labute approximate surface area is 128 Å². The molecule has 0 spiro atoms. The van der Waals surface area contributed by atoms with Crippen LogP contribution in [-0.4, -0.2) is 40.0 Å². The van der Waals surface area contributed by atoms with Gasteiger partial charge in [0.2, 0.25) is 0 Å². The zero-order valence-corrected chi connectivity index (χ0v) is 13.0. The fourth-order valence-electron chi connectivity index (χ4n) is 2.93. The summed E-state index contributed by atoms with van der Waals surface area (Å²) in [7, 11) is 0. The molecule has 1 aromatic rings. The summed E-state index contributed by atoms with van der Waals surface area (Å²) in [5, 5.41) is 12.0. The minimum atomic E-state index is -0.810. The molecule has 1 aliphatic heterocycles. The number of thiazole rings is 1. The highest BCUT2D eigenvalue weighted by atomic mass is 32.1. The number of piperidine rings is 1. The number of hydrogen-bond donors (Lipinski definition) is 2. The van der Waals surface area contributed by atoms with Crippen LogP contribution >= 0.6 is 11.3 Å². The lowest BCUT2D eigenvalue weighted by molar-refractivity contribution is -0.152. The summed E-state index contributed by atoms with van der Waals surface area (Å²) in [6.45, 7) is 3.14. The Morgan fingerprint density at radius 2 is 2.33 bits per heavy atom. The molecular formula is C14H21N3O3S. The van der Waals surface area contributed by atoms with E-state index in [0.29, 0.717) is 43.1 Å². The van der Waals surface area contributed by atoms with E-state index in [2.05, 4.69) is 4.98 Å². The first-order chi connectivity index (χ1) is 10.0. The first-order valence-corrected chi connectivity index (χ1v) is 8.07. The second-order valence-corrected chi connectivity index (χ2v) is 6.44. The highest BCUT2D eigenvalue weighted by Gasteiger charge is 2.43. The quantitative estimate of drug-likeness (QED) is 0.863. The van der Waals surface area contributed by atoms with Crippen LogP contribution in [0.25, 0.3) is 0 Å². The van der Waals surface area contributed by atoms with Gasteiger partial charge in [-0.1, -0.05) is 13.3 Å². The third kappa shape index (κ3) is 3.24. The molecule has 21 heavy (non-hydrogen) atoms. The number of carboxylic acids is 1. The molecule has 1 aliphatic rings. The summed E-state index contributed by atoms with van der Waals surface area (Å²) in [5.41, 5.74) is 5.07. The van der Waals surface area contributed by atoms with E-state index >= 15 is 0 Å². The number of aromatic nitrogens is 1. The molecule has 2 heterocycles. The van der Waals surface area contributed by atoms with Crippen LogP contribution in [0.2, 0.25) is 0 Å². The Balaban J connectivity index is 2.16. The number of nitrogens with zero attached hydrogens (tertiary/aromatic N) is 2. The highest BCUT2D eigenvalue weighted by Crippen LogP contribution is 2.35. The van der Waals surface area contributed by atoms with E-state index < -0.39 is 11.4 Å². The van der Waals surface area contributed by atoms with Gasteiger partial charge in [0.1, 0.15) is 10.7 Å². The van der Waals surface area contributed by atoms with Gasteiger partial charge in [0.25, 0.3) is 5.91 Å². The van der Waals surface area contributed by atoms with E-state index in [4.69, 9.17) is 5.73 Å². The number of carboxylic acid groups (broad SMARTS) is 1. The van der Waals surface area contributed by atoms with E-state index in [0.717, 1.165) is 6.42 Å². The smallest absolute Gasteiger partial charge is 0.311 e. The average Bonchev–Trinajstić information content (AvgIpc) is 2.96. The average molecular weight is 311 g/mol. The van der Waals surface area contributed by atoms with E-state index in [1.807, 2.05) is 6.92 Å². The Morgan fingerprint density at radius 3 is 2.90 bits per heavy atom. The molecule has 1 aromatic heterocycles. The van der Waals surface area contributed by atoms with Crippen LogP contribution in [0.4, 0.5) is 0 Å². The number of nitrogens with two attached hydrogens (primary N) is 1. The standard InChI is InChI=1S/C14H21N3O3S/c1-2-4-14(13(19)20)5-3-6-17(9-14)12(18)10-8-21-11(7-15)16-10/h8H,2-7,9,15H2,1H3,(H,19,20). The maximum Gasteiger partial charge on any atom is 0.311 e. The Hall–Kier alpha value is -1.47. The van der Waals surface area contributed by atoms with Gasteiger partial charge in [-0.25, -0.2) is 4.98 Å². The lowest BCUT2D eigenvalue weighted by Crippen LogP contribution is -2.50. The monoisotopic (exact) mass is 311 g/mol. The lowest BCUT2D eigenvalue weighted by atomic mass is 9.76. The third-order valence-electron chi connectivity index (χ3n) is 3.99. The van der Waals surface area contributed by atoms with Crippen molar-refractivity contribution in [2.24, 2.45) is 11.1 Å². The Morgan fingerprint density at radius 1 is 1.57 bits per heavy atom. The second-order valence-electron chi connectivity index (χ2n) is 5.50. The zero-order chi connectivity index (χ0) is 15.5. The molecule has 0 saturated carbocycles. The minimum Gasteiger partial charge on any atom is -0.481 e. The molecule has 2 rings (SSSR count). The van der Waals surface area contributed by atoms with Gasteiger partial charge in [0, 0.05) is 25.0 Å². The fraction of sp³-hybridized carbons (Fsp3) is 0.643. The summed E-state index contributed by atoms with van der Waals surface area (Å²) in [6, 6.07) is 0. The van der Waals surface area contributed by atoms with Crippen molar-refractivity contribution < 1.29 is 14.7 Å². The maximum atomic E-state index is 12.5. The summed E-state index contributed by atoms with van der Waals surface area (Å²) in [4.78, 5) is 30.0. The molecule has 1 amide bonds. The van der Waals surface area contributed by atoms with Gasteiger partial charge in [-0.05, 0) is 19.3 Å². The van der Waals surface area contributed by atoms with Gasteiger partial charge < -0.3 is 15.7 Å². The number of rotatable bonds is 5. The summed E-state index contributed by atoms with van der Waals surface area (Å²) in [5.74, 6) is -0.991. The van der Waals surface area contributed by atoms with Crippen LogP contribution in [0.3, 0.4) is 0 Å². The zero-order valence-electron chi connectivity index (χ0n) is 12.2. The Kier molecular flexibility index (Phi) is 4.95. The number of likely N-dealkylation sites (tertiary alicyclic amines) is 1. The van der Waals surface area contributed by atoms with Crippen LogP contribution in [0.15, 0.2) is 5.38 Å². The van der Waals surface area contributed by atoms with E-state index in [-0.39, 0.29) is 12.5 Å². The number of aliphatic carboxylic acids is 1. The van der Waals surface area contributed by atoms with Crippen LogP contribution in [-0.2, 0) is 11.3 Å². The predicted molar refractivity (Wildman–Crippen MR) is 80.1 cm³/mol. The molecule has 0 radical (unpaired) electrons. The minimum absolute atomic E-state index is 0.188. The number of amides is 1. The van der Waals surface area contributed by atoms with E-state index in [1.165, 1.54) is 11.3 Å². The molecule has 1 atom stereocenters. The van der Waals surface area contributed by atoms with Gasteiger partial charge in [-0.2, -0.15) is 0 Å². The number of carbonyl (C=O) groups is 2. The number of hydrogen-bond acceptors (Lipinski definition) is 5. The molecular weight excluding hydrogens is 290 g/mol. The molecule has 3 N–H and O–H groups in total. The molecule has 0 bridgehead atoms. The lowest BCUT2D eigenvalue weighted by Gasteiger charge is -2.39. The molecule has 1 unspecified atom stereocenters. The van der Waals surface area contributed by atoms with Crippen LogP contribution < -0.4 is 5.73 Å². The van der Waals surface area contributed by atoms with Gasteiger partial charge >= 0.3 is 5.97 Å². The van der Waals surface area contributed by atoms with Crippen molar-refractivity contribution in [1.82, 2.24) is 9.88 Å². The normalized spacial score (nSPS) is 22.3. The van der Waals surface area contributed by atoms with Crippen molar-refractivity contribution in [2.75, 3.05) is 13.1 Å². The first-order valence-electron chi connectivity index (χ1n) is 7.19. The third-order valence-corrected chi connectivity index (χ3v) is 4.86. The molecule has 1 saturated heterocycles. The van der Waals surface area contributed by atoms with Crippen LogP contribution in [0, 0.1) is 5.41 Å². The second kappa shape index (κ2) is 6.53. The molecule has 116 valence electrons. The topological polar surface area (TPSA) is 96.5 Å². The van der Waals surface area contributed by atoms with Crippen molar-refractivity contribution >= 4 is 23.2 Å². The van der Waals surface area contributed by atoms with Gasteiger partial charge in [-0.3, -0.25) is 9.59 Å². The van der Waals surface area contributed by atoms with Crippen molar-refractivity contribution in [3.05, 3.63) is 16.1 Å². The Bertz CT molecular complexity index is 527. The summed E-state index contributed by atoms with van der Waals surface area (Å²) >= 11 is 1.36. The van der Waals surface area contributed by atoms with Crippen LogP contribution in [0.1, 0.15) is 48.1 Å². The molecule has 0 aromatic carbocycles. The van der Waals surface area contributed by atoms with Gasteiger partial charge in [0.15, 0.2) is 0 Å². The number of carbonyl (C=O) groups excluding carboxylic acids is 1. The maximum absolute atomic E-state index is 12.5. The van der Waals surface area contributed by atoms with Crippen LogP contribution in [0.5, 0.6) is 0 Å². The molecule has 7 heteroatoms. The fourth-order valence-corrected chi connectivity index (χ4v) is 3.58. The van der Waals surface area contributed by atoms with Gasteiger partial charge in [-0.15, -0.1) is 11.3 Å². The first kappa shape index (κ1) is 15.9. The van der Waals surface area contributed by atoms with E-state index in [9.17, 15) is 14.7 Å². The predicted octanol–water partition coefficient (Wildman–Crippen LogP) is 1.71. The largest absolute Gasteiger partial charge is 0.481 e. The summed E-state index contributed by atoms with van der Waals surface area (Å²) in [6.07, 6.45) is 2.73. The van der Waals surface area contributed by atoms with Crippen molar-refractivity contribution in [3.63, 3.8) is 0 Å².